The van der Waals surface area contributed by atoms with Crippen molar-refractivity contribution in [2.24, 2.45) is 5.92 Å². The van der Waals surface area contributed by atoms with Crippen LogP contribution in [0.25, 0.3) is 6.08 Å². The van der Waals surface area contributed by atoms with Gasteiger partial charge in [-0.2, -0.15) is 0 Å². The second kappa shape index (κ2) is 14.7. The van der Waals surface area contributed by atoms with Gasteiger partial charge >= 0.3 is 0 Å². The van der Waals surface area contributed by atoms with E-state index in [1.165, 1.54) is 0 Å². The number of unbranched alkanes of at least 4 members (excludes halogenated alkanes) is 2. The molecule has 0 radical (unpaired) electrons. The number of amides is 2. The molecule has 33 heavy (non-hydrogen) atoms. The summed E-state index contributed by atoms with van der Waals surface area (Å²) >= 11 is 0. The minimum absolute atomic E-state index is 0.221. The van der Waals surface area contributed by atoms with Gasteiger partial charge in [0, 0.05) is 64.2 Å². The maximum absolute atomic E-state index is 12.9. The van der Waals surface area contributed by atoms with Crippen molar-refractivity contribution in [1.82, 2.24) is 14.7 Å². The summed E-state index contributed by atoms with van der Waals surface area (Å²) < 4.78 is 5.42. The zero-order chi connectivity index (χ0) is 24.1. The van der Waals surface area contributed by atoms with Crippen molar-refractivity contribution in [3.63, 3.8) is 0 Å². The zero-order valence-electron chi connectivity index (χ0n) is 21.1. The van der Waals surface area contributed by atoms with Crippen molar-refractivity contribution in [2.75, 3.05) is 52.9 Å². The third kappa shape index (κ3) is 9.58. The van der Waals surface area contributed by atoms with Gasteiger partial charge < -0.3 is 14.5 Å². The smallest absolute Gasteiger partial charge is 0.222 e. The average molecular weight is 458 g/mol. The molecule has 0 saturated carbocycles. The number of carbonyl (C=O) groups is 2. The Kier molecular flexibility index (Phi) is 12.0. The lowest BCUT2D eigenvalue weighted by Gasteiger charge is -2.36. The predicted molar refractivity (Wildman–Crippen MR) is 135 cm³/mol. The van der Waals surface area contributed by atoms with Gasteiger partial charge in [-0.25, -0.2) is 0 Å². The number of benzene rings is 1. The van der Waals surface area contributed by atoms with Crippen LogP contribution in [-0.2, 0) is 9.59 Å². The fraction of sp³-hybridized carbons (Fsp3) is 0.630. The van der Waals surface area contributed by atoms with Gasteiger partial charge in [0.1, 0.15) is 5.75 Å². The number of methoxy groups -OCH3 is 1. The summed E-state index contributed by atoms with van der Waals surface area (Å²) in [5.41, 5.74) is 1.01. The molecule has 2 rings (SSSR count). The van der Waals surface area contributed by atoms with Crippen LogP contribution in [0.1, 0.15) is 58.4 Å². The molecule has 1 heterocycles. The lowest BCUT2D eigenvalue weighted by atomic mass is 10.1. The molecular weight excluding hydrogens is 414 g/mol. The Labute approximate surface area is 200 Å². The van der Waals surface area contributed by atoms with Gasteiger partial charge in [-0.15, -0.1) is 0 Å². The molecule has 0 aliphatic carbocycles. The molecule has 184 valence electrons. The van der Waals surface area contributed by atoms with Gasteiger partial charge in [-0.3, -0.25) is 14.5 Å². The Morgan fingerprint density at radius 1 is 1.12 bits per heavy atom. The van der Waals surface area contributed by atoms with E-state index in [1.54, 1.807) is 7.11 Å². The van der Waals surface area contributed by atoms with Crippen molar-refractivity contribution in [3.8, 4) is 5.75 Å². The quantitative estimate of drug-likeness (QED) is 0.414. The fourth-order valence-electron chi connectivity index (χ4n) is 4.07. The number of rotatable bonds is 13. The maximum atomic E-state index is 12.9. The molecule has 0 spiro atoms. The maximum Gasteiger partial charge on any atom is 0.222 e. The minimum atomic E-state index is 0.221. The Balaban J connectivity index is 1.89. The first-order valence-electron chi connectivity index (χ1n) is 12.5. The molecular formula is C27H43N3O3. The van der Waals surface area contributed by atoms with Crippen LogP contribution in [0.4, 0.5) is 0 Å². The molecule has 1 fully saturated rings. The molecule has 1 aliphatic heterocycles. The first kappa shape index (κ1) is 26.9. The SMILES string of the molecule is CCCCCC(=O)N(C/C=C/c1ccccc1OC)CCN1CCN(C(=O)CC(C)C)CC1. The topological polar surface area (TPSA) is 53.1 Å². The van der Waals surface area contributed by atoms with Gasteiger partial charge in [-0.1, -0.05) is 64.0 Å². The van der Waals surface area contributed by atoms with Crippen LogP contribution in [-0.4, -0.2) is 79.4 Å². The summed E-state index contributed by atoms with van der Waals surface area (Å²) in [6, 6.07) is 7.90. The molecule has 1 aromatic carbocycles. The molecule has 0 aromatic heterocycles. The molecule has 0 unspecified atom stereocenters. The predicted octanol–water partition coefficient (Wildman–Crippen LogP) is 4.31. The van der Waals surface area contributed by atoms with Crippen LogP contribution in [0.15, 0.2) is 30.3 Å². The van der Waals surface area contributed by atoms with Crippen molar-refractivity contribution < 1.29 is 14.3 Å². The highest BCUT2D eigenvalue weighted by Crippen LogP contribution is 2.18. The van der Waals surface area contributed by atoms with Gasteiger partial charge in [-0.05, 0) is 18.4 Å². The first-order chi connectivity index (χ1) is 15.9. The largest absolute Gasteiger partial charge is 0.496 e. The molecule has 6 heteroatoms. The highest BCUT2D eigenvalue weighted by atomic mass is 16.5. The number of para-hydroxylation sites is 1. The molecule has 0 atom stereocenters. The number of hydrogen-bond donors (Lipinski definition) is 0. The number of nitrogens with zero attached hydrogens (tertiary/aromatic N) is 3. The Morgan fingerprint density at radius 2 is 1.85 bits per heavy atom. The highest BCUT2D eigenvalue weighted by molar-refractivity contribution is 5.77. The molecule has 1 saturated heterocycles. The lowest BCUT2D eigenvalue weighted by molar-refractivity contribution is -0.133. The molecule has 0 bridgehead atoms. The van der Waals surface area contributed by atoms with E-state index >= 15 is 0 Å². The monoisotopic (exact) mass is 457 g/mol. The summed E-state index contributed by atoms with van der Waals surface area (Å²) in [6.07, 6.45) is 8.46. The second-order valence-corrected chi connectivity index (χ2v) is 9.26. The second-order valence-electron chi connectivity index (χ2n) is 9.26. The van der Waals surface area contributed by atoms with Crippen LogP contribution in [0.5, 0.6) is 5.75 Å². The standard InChI is InChI=1S/C27H43N3O3/c1-5-6-7-14-26(31)29(15-10-12-24-11-8-9-13-25(24)33-4)19-16-28-17-20-30(21-18-28)27(32)22-23(2)3/h8-13,23H,5-7,14-22H2,1-4H3/b12-10+. The van der Waals surface area contributed by atoms with E-state index in [9.17, 15) is 9.59 Å². The van der Waals surface area contributed by atoms with Crippen molar-refractivity contribution >= 4 is 17.9 Å². The summed E-state index contributed by atoms with van der Waals surface area (Å²) in [5.74, 6) is 1.71. The lowest BCUT2D eigenvalue weighted by Crippen LogP contribution is -2.50. The summed E-state index contributed by atoms with van der Waals surface area (Å²) in [4.78, 5) is 31.5. The average Bonchev–Trinajstić information content (AvgIpc) is 2.81. The third-order valence-electron chi connectivity index (χ3n) is 6.10. The summed E-state index contributed by atoms with van der Waals surface area (Å²) in [5, 5.41) is 0. The van der Waals surface area contributed by atoms with E-state index in [-0.39, 0.29) is 11.8 Å². The Morgan fingerprint density at radius 3 is 2.52 bits per heavy atom. The first-order valence-corrected chi connectivity index (χ1v) is 12.5. The van der Waals surface area contributed by atoms with Gasteiger partial charge in [0.2, 0.25) is 11.8 Å². The zero-order valence-corrected chi connectivity index (χ0v) is 21.1. The van der Waals surface area contributed by atoms with E-state index in [0.717, 1.165) is 63.3 Å². The van der Waals surface area contributed by atoms with E-state index in [0.29, 0.717) is 31.8 Å². The Hall–Kier alpha value is -2.34. The summed E-state index contributed by atoms with van der Waals surface area (Å²) in [6.45, 7) is 11.8. The number of ether oxygens (including phenoxy) is 1. The van der Waals surface area contributed by atoms with Gasteiger partial charge in [0.25, 0.3) is 0 Å². The van der Waals surface area contributed by atoms with Gasteiger partial charge in [0.15, 0.2) is 0 Å². The molecule has 1 aromatic rings. The number of piperazine rings is 1. The van der Waals surface area contributed by atoms with E-state index in [1.807, 2.05) is 40.1 Å². The summed E-state index contributed by atoms with van der Waals surface area (Å²) in [7, 11) is 1.67. The highest BCUT2D eigenvalue weighted by Gasteiger charge is 2.22. The Bertz CT molecular complexity index is 755. The van der Waals surface area contributed by atoms with Crippen LogP contribution < -0.4 is 4.74 Å². The van der Waals surface area contributed by atoms with Crippen molar-refractivity contribution in [1.29, 1.82) is 0 Å². The van der Waals surface area contributed by atoms with Crippen LogP contribution in [0.3, 0.4) is 0 Å². The third-order valence-corrected chi connectivity index (χ3v) is 6.10. The van der Waals surface area contributed by atoms with Crippen LogP contribution >= 0.6 is 0 Å². The number of hydrogen-bond acceptors (Lipinski definition) is 4. The van der Waals surface area contributed by atoms with Crippen LogP contribution in [0, 0.1) is 5.92 Å². The van der Waals surface area contributed by atoms with E-state index < -0.39 is 0 Å². The van der Waals surface area contributed by atoms with Gasteiger partial charge in [0.05, 0.1) is 7.11 Å². The van der Waals surface area contributed by atoms with E-state index in [2.05, 4.69) is 31.7 Å². The normalized spacial score (nSPS) is 14.8. The molecule has 1 aliphatic rings. The van der Waals surface area contributed by atoms with Crippen molar-refractivity contribution in [3.05, 3.63) is 35.9 Å². The number of carbonyl (C=O) groups excluding carboxylic acids is 2. The minimum Gasteiger partial charge on any atom is -0.496 e. The molecule has 2 amide bonds. The molecule has 6 nitrogen and oxygen atoms in total. The van der Waals surface area contributed by atoms with Crippen LogP contribution in [0.2, 0.25) is 0 Å². The van der Waals surface area contributed by atoms with E-state index in [4.69, 9.17) is 4.74 Å². The fourth-order valence-corrected chi connectivity index (χ4v) is 4.07. The molecule has 0 N–H and O–H groups in total. The van der Waals surface area contributed by atoms with Crippen molar-refractivity contribution in [2.45, 2.75) is 52.9 Å².